The highest BCUT2D eigenvalue weighted by atomic mass is 19.4. The second kappa shape index (κ2) is 7.78. The Morgan fingerprint density at radius 2 is 1.72 bits per heavy atom. The third kappa shape index (κ3) is 4.45. The van der Waals surface area contributed by atoms with E-state index in [1.807, 2.05) is 0 Å². The van der Waals surface area contributed by atoms with Gasteiger partial charge in [0.1, 0.15) is 6.54 Å². The minimum Gasteiger partial charge on any atom is -0.325 e. The van der Waals surface area contributed by atoms with E-state index in [0.717, 1.165) is 28.3 Å². The molecule has 0 fully saturated rings. The monoisotopic (exact) mass is 403 g/mol. The Morgan fingerprint density at radius 1 is 1.00 bits per heavy atom. The van der Waals surface area contributed by atoms with Crippen molar-refractivity contribution in [3.05, 3.63) is 92.8 Å². The lowest BCUT2D eigenvalue weighted by molar-refractivity contribution is -0.137. The molecule has 2 aromatic carbocycles. The Bertz CT molecular complexity index is 1180. The summed E-state index contributed by atoms with van der Waals surface area (Å²) in [5, 5.41) is 2.30. The first-order valence-corrected chi connectivity index (χ1v) is 8.52. The quantitative estimate of drug-likeness (QED) is 0.681. The van der Waals surface area contributed by atoms with Crippen LogP contribution in [0.3, 0.4) is 0 Å². The molecule has 0 aliphatic heterocycles. The Balaban J connectivity index is 1.82. The molecule has 0 radical (unpaired) electrons. The van der Waals surface area contributed by atoms with Gasteiger partial charge >= 0.3 is 17.3 Å². The van der Waals surface area contributed by atoms with Crippen LogP contribution < -0.4 is 16.4 Å². The number of hydrogen-bond acceptors (Lipinski definition) is 3. The Morgan fingerprint density at radius 3 is 2.41 bits per heavy atom. The van der Waals surface area contributed by atoms with E-state index in [9.17, 15) is 27.6 Å². The number of aromatic nitrogens is 2. The highest BCUT2D eigenvalue weighted by Crippen LogP contribution is 2.30. The topological polar surface area (TPSA) is 73.1 Å². The summed E-state index contributed by atoms with van der Waals surface area (Å²) in [4.78, 5) is 36.9. The smallest absolute Gasteiger partial charge is 0.325 e. The second-order valence-electron chi connectivity index (χ2n) is 6.32. The zero-order chi connectivity index (χ0) is 21.2. The van der Waals surface area contributed by atoms with Gasteiger partial charge in [0.25, 0.3) is 0 Å². The normalized spacial score (nSPS) is 11.3. The average Bonchev–Trinajstić information content (AvgIpc) is 2.66. The van der Waals surface area contributed by atoms with Gasteiger partial charge in [-0.3, -0.25) is 23.5 Å². The van der Waals surface area contributed by atoms with E-state index in [0.29, 0.717) is 5.69 Å². The number of alkyl halides is 3. The van der Waals surface area contributed by atoms with Crippen molar-refractivity contribution >= 4 is 11.6 Å². The molecule has 0 unspecified atom stereocenters. The van der Waals surface area contributed by atoms with E-state index < -0.39 is 35.3 Å². The summed E-state index contributed by atoms with van der Waals surface area (Å²) in [7, 11) is 0. The number of carbonyl (C=O) groups is 1. The van der Waals surface area contributed by atoms with Crippen molar-refractivity contribution in [2.45, 2.75) is 19.6 Å². The Hall–Kier alpha value is -3.62. The highest BCUT2D eigenvalue weighted by Gasteiger charge is 2.30. The van der Waals surface area contributed by atoms with Crippen molar-refractivity contribution in [1.29, 1.82) is 0 Å². The van der Waals surface area contributed by atoms with Crippen LogP contribution in [-0.2, 0) is 17.5 Å². The van der Waals surface area contributed by atoms with Gasteiger partial charge in [-0.25, -0.2) is 0 Å². The Kier molecular flexibility index (Phi) is 5.40. The molecule has 0 atom stereocenters. The molecule has 0 aliphatic carbocycles. The van der Waals surface area contributed by atoms with Gasteiger partial charge in [0, 0.05) is 18.1 Å². The molecule has 0 saturated heterocycles. The minimum atomic E-state index is -4.54. The maximum absolute atomic E-state index is 12.8. The summed E-state index contributed by atoms with van der Waals surface area (Å²) in [5.74, 6) is -0.737. The van der Waals surface area contributed by atoms with Crippen LogP contribution in [0.2, 0.25) is 0 Å². The van der Waals surface area contributed by atoms with E-state index >= 15 is 0 Å². The Labute approximate surface area is 162 Å². The molecule has 1 amide bonds. The predicted octanol–water partition coefficient (Wildman–Crippen LogP) is 2.97. The number of nitrogens with zero attached hydrogens (tertiary/aromatic N) is 2. The standard InChI is InChI=1S/C20H16F3N3O3/c1-13-5-2-3-8-16(13)26-10-9-25(18(28)19(26)29)12-17(27)24-15-7-4-6-14(11-15)20(21,22)23/h2-11H,12H2,1H3,(H,24,27). The van der Waals surface area contributed by atoms with Crippen LogP contribution in [0.25, 0.3) is 5.69 Å². The molecular weight excluding hydrogens is 387 g/mol. The van der Waals surface area contributed by atoms with Crippen molar-refractivity contribution in [3.8, 4) is 5.69 Å². The summed E-state index contributed by atoms with van der Waals surface area (Å²) >= 11 is 0. The van der Waals surface area contributed by atoms with E-state index in [4.69, 9.17) is 0 Å². The van der Waals surface area contributed by atoms with Gasteiger partial charge in [-0.05, 0) is 36.8 Å². The molecule has 3 aromatic rings. The van der Waals surface area contributed by atoms with E-state index in [1.165, 1.54) is 23.0 Å². The van der Waals surface area contributed by atoms with Gasteiger partial charge in [0.15, 0.2) is 0 Å². The molecule has 0 saturated carbocycles. The number of halogens is 3. The fourth-order valence-corrected chi connectivity index (χ4v) is 2.78. The number of hydrogen-bond donors (Lipinski definition) is 1. The van der Waals surface area contributed by atoms with Gasteiger partial charge < -0.3 is 5.32 Å². The lowest BCUT2D eigenvalue weighted by Crippen LogP contribution is -2.41. The number of aryl methyl sites for hydroxylation is 1. The van der Waals surface area contributed by atoms with Crippen molar-refractivity contribution in [3.63, 3.8) is 0 Å². The first-order valence-electron chi connectivity index (χ1n) is 8.52. The van der Waals surface area contributed by atoms with Crippen molar-refractivity contribution in [2.75, 3.05) is 5.32 Å². The highest BCUT2D eigenvalue weighted by molar-refractivity contribution is 5.90. The van der Waals surface area contributed by atoms with Crippen LogP contribution in [0.15, 0.2) is 70.5 Å². The summed E-state index contributed by atoms with van der Waals surface area (Å²) in [5.41, 5.74) is -1.41. The summed E-state index contributed by atoms with van der Waals surface area (Å²) < 4.78 is 40.4. The van der Waals surface area contributed by atoms with Crippen LogP contribution >= 0.6 is 0 Å². The first kappa shape index (κ1) is 20.1. The lowest BCUT2D eigenvalue weighted by atomic mass is 10.2. The molecule has 29 heavy (non-hydrogen) atoms. The molecule has 150 valence electrons. The minimum absolute atomic E-state index is 0.0638. The molecule has 0 bridgehead atoms. The van der Waals surface area contributed by atoms with Crippen LogP contribution in [-0.4, -0.2) is 15.0 Å². The third-order valence-electron chi connectivity index (χ3n) is 4.22. The predicted molar refractivity (Wildman–Crippen MR) is 101 cm³/mol. The fraction of sp³-hybridized carbons (Fsp3) is 0.150. The molecule has 1 aromatic heterocycles. The van der Waals surface area contributed by atoms with Crippen LogP contribution in [0.4, 0.5) is 18.9 Å². The van der Waals surface area contributed by atoms with Crippen molar-refractivity contribution < 1.29 is 18.0 Å². The molecule has 6 nitrogen and oxygen atoms in total. The van der Waals surface area contributed by atoms with Crippen molar-refractivity contribution in [1.82, 2.24) is 9.13 Å². The number of rotatable bonds is 4. The molecular formula is C20H16F3N3O3. The van der Waals surface area contributed by atoms with E-state index in [2.05, 4.69) is 5.32 Å². The van der Waals surface area contributed by atoms with Crippen LogP contribution in [0.1, 0.15) is 11.1 Å². The number of amides is 1. The summed E-state index contributed by atoms with van der Waals surface area (Å²) in [6, 6.07) is 11.1. The average molecular weight is 403 g/mol. The molecule has 3 rings (SSSR count). The van der Waals surface area contributed by atoms with E-state index in [-0.39, 0.29) is 5.69 Å². The van der Waals surface area contributed by atoms with Gasteiger partial charge in [-0.15, -0.1) is 0 Å². The second-order valence-corrected chi connectivity index (χ2v) is 6.32. The van der Waals surface area contributed by atoms with Crippen molar-refractivity contribution in [2.24, 2.45) is 0 Å². The van der Waals surface area contributed by atoms with E-state index in [1.54, 1.807) is 31.2 Å². The van der Waals surface area contributed by atoms with Crippen LogP contribution in [0.5, 0.6) is 0 Å². The number of carbonyl (C=O) groups excluding carboxylic acids is 1. The molecule has 9 heteroatoms. The number of para-hydroxylation sites is 1. The van der Waals surface area contributed by atoms with Crippen LogP contribution in [0, 0.1) is 6.92 Å². The SMILES string of the molecule is Cc1ccccc1-n1ccn(CC(=O)Nc2cccc(C(F)(F)F)c2)c(=O)c1=O. The fourth-order valence-electron chi connectivity index (χ4n) is 2.78. The largest absolute Gasteiger partial charge is 0.416 e. The summed E-state index contributed by atoms with van der Waals surface area (Å²) in [6.07, 6.45) is -1.90. The molecule has 1 heterocycles. The first-order chi connectivity index (χ1) is 13.7. The van der Waals surface area contributed by atoms with Gasteiger partial charge in [0.2, 0.25) is 5.91 Å². The zero-order valence-electron chi connectivity index (χ0n) is 15.2. The number of nitrogens with one attached hydrogen (secondary N) is 1. The third-order valence-corrected chi connectivity index (χ3v) is 4.22. The van der Waals surface area contributed by atoms with Gasteiger partial charge in [-0.1, -0.05) is 24.3 Å². The molecule has 1 N–H and O–H groups in total. The number of anilines is 1. The molecule has 0 spiro atoms. The molecule has 0 aliphatic rings. The maximum atomic E-state index is 12.8. The maximum Gasteiger partial charge on any atom is 0.416 e. The van der Waals surface area contributed by atoms with Gasteiger partial charge in [0.05, 0.1) is 11.3 Å². The van der Waals surface area contributed by atoms with Gasteiger partial charge in [-0.2, -0.15) is 13.2 Å². The zero-order valence-corrected chi connectivity index (χ0v) is 15.2. The lowest BCUT2D eigenvalue weighted by Gasteiger charge is -2.12. The number of benzene rings is 2. The summed E-state index contributed by atoms with van der Waals surface area (Å²) in [6.45, 7) is 1.27.